The summed E-state index contributed by atoms with van der Waals surface area (Å²) in [5.74, 6) is -0.0168. The summed E-state index contributed by atoms with van der Waals surface area (Å²) in [6.07, 6.45) is -3.86. The van der Waals surface area contributed by atoms with Gasteiger partial charge in [-0.1, -0.05) is 18.2 Å². The third-order valence-electron chi connectivity index (χ3n) is 4.26. The van der Waals surface area contributed by atoms with E-state index in [-0.39, 0.29) is 18.2 Å². The van der Waals surface area contributed by atoms with Gasteiger partial charge in [-0.2, -0.15) is 18.3 Å². The molecule has 1 aliphatic rings. The maximum Gasteiger partial charge on any atom is 0.434 e. The van der Waals surface area contributed by atoms with Gasteiger partial charge in [-0.05, 0) is 30.7 Å². The topological polar surface area (TPSA) is 65.4 Å². The highest BCUT2D eigenvalue weighted by atomic mass is 19.4. The van der Waals surface area contributed by atoms with Crippen LogP contribution >= 0.6 is 0 Å². The first kappa shape index (κ1) is 17.9. The van der Waals surface area contributed by atoms with Crippen molar-refractivity contribution in [1.29, 1.82) is 0 Å². The van der Waals surface area contributed by atoms with E-state index >= 15 is 0 Å². The van der Waals surface area contributed by atoms with Crippen LogP contribution in [0.25, 0.3) is 5.69 Å². The monoisotopic (exact) mass is 389 g/mol. The van der Waals surface area contributed by atoms with Crippen LogP contribution in [-0.4, -0.2) is 22.5 Å². The average molecular weight is 389 g/mol. The molecule has 1 amide bonds. The minimum absolute atomic E-state index is 0.0498. The first-order valence-corrected chi connectivity index (χ1v) is 8.27. The van der Waals surface area contributed by atoms with E-state index in [1.165, 1.54) is 18.2 Å². The van der Waals surface area contributed by atoms with Gasteiger partial charge in [0.2, 0.25) is 6.79 Å². The molecule has 0 aliphatic carbocycles. The van der Waals surface area contributed by atoms with E-state index in [2.05, 4.69) is 10.4 Å². The molecule has 0 saturated carbocycles. The van der Waals surface area contributed by atoms with Crippen LogP contribution in [0, 0.1) is 6.92 Å². The third-order valence-corrected chi connectivity index (χ3v) is 4.26. The highest BCUT2D eigenvalue weighted by Crippen LogP contribution is 2.36. The number of benzene rings is 2. The highest BCUT2D eigenvalue weighted by Gasteiger charge is 2.40. The lowest BCUT2D eigenvalue weighted by atomic mass is 10.1. The number of aromatic nitrogens is 2. The van der Waals surface area contributed by atoms with Crippen molar-refractivity contribution in [1.82, 2.24) is 9.78 Å². The van der Waals surface area contributed by atoms with Crippen LogP contribution in [0.5, 0.6) is 11.5 Å². The Kier molecular flexibility index (Phi) is 4.21. The molecule has 9 heteroatoms. The van der Waals surface area contributed by atoms with Crippen molar-refractivity contribution < 1.29 is 27.4 Å². The van der Waals surface area contributed by atoms with E-state index in [0.717, 1.165) is 10.9 Å². The Morgan fingerprint density at radius 1 is 1.14 bits per heavy atom. The number of hydrogen-bond donors (Lipinski definition) is 1. The predicted molar refractivity (Wildman–Crippen MR) is 93.8 cm³/mol. The van der Waals surface area contributed by atoms with Crippen molar-refractivity contribution in [3.8, 4) is 17.2 Å². The maximum absolute atomic E-state index is 13.8. The quantitative estimate of drug-likeness (QED) is 0.730. The van der Waals surface area contributed by atoms with Gasteiger partial charge in [-0.3, -0.25) is 4.79 Å². The van der Waals surface area contributed by atoms with E-state index in [1.807, 2.05) is 0 Å². The lowest BCUT2D eigenvalue weighted by Crippen LogP contribution is -2.21. The fourth-order valence-electron chi connectivity index (χ4n) is 2.94. The van der Waals surface area contributed by atoms with Gasteiger partial charge in [-0.15, -0.1) is 0 Å². The summed E-state index contributed by atoms with van der Waals surface area (Å²) in [4.78, 5) is 12.6. The minimum Gasteiger partial charge on any atom is -0.454 e. The van der Waals surface area contributed by atoms with Gasteiger partial charge in [0.05, 0.1) is 17.4 Å². The molecule has 2 aromatic carbocycles. The number of fused-ring (bicyclic) bond motifs is 1. The molecule has 6 nitrogen and oxygen atoms in total. The molecule has 0 bridgehead atoms. The number of aryl methyl sites for hydroxylation is 1. The standard InChI is InChI=1S/C19H14F3N3O3/c1-11-4-2-3-5-14(11)25-17(19(20,21)22)13(9-23-25)18(26)24-12-6-7-15-16(8-12)28-10-27-15/h2-9H,10H2,1H3,(H,24,26). The summed E-state index contributed by atoms with van der Waals surface area (Å²) in [6, 6.07) is 11.1. The molecular formula is C19H14F3N3O3. The normalized spacial score (nSPS) is 12.9. The Morgan fingerprint density at radius 2 is 1.89 bits per heavy atom. The third kappa shape index (κ3) is 3.15. The minimum atomic E-state index is -4.78. The van der Waals surface area contributed by atoms with Gasteiger partial charge in [0, 0.05) is 11.8 Å². The smallest absolute Gasteiger partial charge is 0.434 e. The number of halogens is 3. The van der Waals surface area contributed by atoms with Crippen LogP contribution < -0.4 is 14.8 Å². The predicted octanol–water partition coefficient (Wildman–Crippen LogP) is 4.18. The molecule has 0 radical (unpaired) electrons. The number of rotatable bonds is 3. The molecule has 3 aromatic rings. The Labute approximate surface area is 157 Å². The lowest BCUT2D eigenvalue weighted by Gasteiger charge is -2.14. The first-order valence-electron chi connectivity index (χ1n) is 8.27. The zero-order chi connectivity index (χ0) is 19.9. The Bertz CT molecular complexity index is 1060. The Morgan fingerprint density at radius 3 is 2.64 bits per heavy atom. The van der Waals surface area contributed by atoms with E-state index in [9.17, 15) is 18.0 Å². The molecule has 4 rings (SSSR count). The number of para-hydroxylation sites is 1. The number of hydrogen-bond acceptors (Lipinski definition) is 4. The molecule has 144 valence electrons. The molecule has 2 heterocycles. The number of anilines is 1. The van der Waals surface area contributed by atoms with Crippen LogP contribution in [0.3, 0.4) is 0 Å². The lowest BCUT2D eigenvalue weighted by molar-refractivity contribution is -0.143. The SMILES string of the molecule is Cc1ccccc1-n1ncc(C(=O)Nc2ccc3c(c2)OCO3)c1C(F)(F)F. The summed E-state index contributed by atoms with van der Waals surface area (Å²) in [5, 5.41) is 6.28. The van der Waals surface area contributed by atoms with Crippen LogP contribution in [-0.2, 0) is 6.18 Å². The summed E-state index contributed by atoms with van der Waals surface area (Å²) < 4.78 is 52.4. The molecule has 0 fully saturated rings. The van der Waals surface area contributed by atoms with Crippen molar-refractivity contribution in [3.63, 3.8) is 0 Å². The fraction of sp³-hybridized carbons (Fsp3) is 0.158. The van der Waals surface area contributed by atoms with Gasteiger partial charge < -0.3 is 14.8 Å². The van der Waals surface area contributed by atoms with Crippen LogP contribution in [0.15, 0.2) is 48.7 Å². The molecule has 28 heavy (non-hydrogen) atoms. The van der Waals surface area contributed by atoms with Gasteiger partial charge in [0.15, 0.2) is 17.2 Å². The van der Waals surface area contributed by atoms with Gasteiger partial charge >= 0.3 is 6.18 Å². The molecule has 0 atom stereocenters. The second kappa shape index (κ2) is 6.59. The maximum atomic E-state index is 13.8. The molecule has 1 aliphatic heterocycles. The van der Waals surface area contributed by atoms with Crippen molar-refractivity contribution in [3.05, 3.63) is 65.5 Å². The summed E-state index contributed by atoms with van der Waals surface area (Å²) in [6.45, 7) is 1.72. The van der Waals surface area contributed by atoms with Crippen LogP contribution in [0.4, 0.5) is 18.9 Å². The van der Waals surface area contributed by atoms with E-state index < -0.39 is 23.3 Å². The molecule has 1 aromatic heterocycles. The number of ether oxygens (including phenoxy) is 2. The number of carbonyl (C=O) groups excluding carboxylic acids is 1. The molecule has 0 unspecified atom stereocenters. The number of nitrogens with one attached hydrogen (secondary N) is 1. The number of amides is 1. The zero-order valence-corrected chi connectivity index (χ0v) is 14.6. The fourth-order valence-corrected chi connectivity index (χ4v) is 2.94. The molecule has 0 spiro atoms. The number of alkyl halides is 3. The van der Waals surface area contributed by atoms with Gasteiger partial charge in [-0.25, -0.2) is 4.68 Å². The van der Waals surface area contributed by atoms with E-state index in [1.54, 1.807) is 31.2 Å². The number of nitrogens with zero attached hydrogens (tertiary/aromatic N) is 2. The summed E-state index contributed by atoms with van der Waals surface area (Å²) in [7, 11) is 0. The molecule has 0 saturated heterocycles. The van der Waals surface area contributed by atoms with Gasteiger partial charge in [0.1, 0.15) is 0 Å². The van der Waals surface area contributed by atoms with E-state index in [0.29, 0.717) is 17.1 Å². The first-order chi connectivity index (χ1) is 13.3. The second-order valence-electron chi connectivity index (χ2n) is 6.13. The van der Waals surface area contributed by atoms with Crippen molar-refractivity contribution in [2.24, 2.45) is 0 Å². The van der Waals surface area contributed by atoms with Crippen LogP contribution in [0.1, 0.15) is 21.6 Å². The average Bonchev–Trinajstić information content (AvgIpc) is 3.28. The van der Waals surface area contributed by atoms with Gasteiger partial charge in [0.25, 0.3) is 5.91 Å². The molecule has 1 N–H and O–H groups in total. The van der Waals surface area contributed by atoms with Crippen molar-refractivity contribution >= 4 is 11.6 Å². The largest absolute Gasteiger partial charge is 0.454 e. The second-order valence-corrected chi connectivity index (χ2v) is 6.13. The highest BCUT2D eigenvalue weighted by molar-refractivity contribution is 6.05. The van der Waals surface area contributed by atoms with Crippen molar-refractivity contribution in [2.75, 3.05) is 12.1 Å². The summed E-state index contributed by atoms with van der Waals surface area (Å²) in [5.41, 5.74) is -0.588. The summed E-state index contributed by atoms with van der Waals surface area (Å²) >= 11 is 0. The Hall–Kier alpha value is -3.49. The van der Waals surface area contributed by atoms with Crippen LogP contribution in [0.2, 0.25) is 0 Å². The van der Waals surface area contributed by atoms with E-state index in [4.69, 9.17) is 9.47 Å². The Balaban J connectivity index is 1.71. The van der Waals surface area contributed by atoms with Crippen molar-refractivity contribution in [2.45, 2.75) is 13.1 Å². The number of carbonyl (C=O) groups is 1. The molecular weight excluding hydrogens is 375 g/mol. The zero-order valence-electron chi connectivity index (χ0n) is 14.6.